The molecule has 0 fully saturated rings. The van der Waals surface area contributed by atoms with Crippen molar-refractivity contribution in [2.24, 2.45) is 5.14 Å². The molecule has 0 saturated heterocycles. The molecule has 0 bridgehead atoms. The first-order valence-corrected chi connectivity index (χ1v) is 8.64. The molecule has 6 nitrogen and oxygen atoms in total. The van der Waals surface area contributed by atoms with Crippen molar-refractivity contribution in [3.05, 3.63) is 14.3 Å². The molecule has 0 atom stereocenters. The van der Waals surface area contributed by atoms with Gasteiger partial charge in [-0.25, -0.2) is 13.6 Å². The minimum absolute atomic E-state index is 0.180. The molecular weight excluding hydrogens is 387 g/mol. The van der Waals surface area contributed by atoms with Crippen molar-refractivity contribution in [2.75, 3.05) is 0 Å². The zero-order valence-electron chi connectivity index (χ0n) is 9.50. The maximum atomic E-state index is 11.4. The summed E-state index contributed by atoms with van der Waals surface area (Å²) in [5, 5.41) is 14.5. The van der Waals surface area contributed by atoms with Crippen molar-refractivity contribution in [3.8, 4) is 11.4 Å². The van der Waals surface area contributed by atoms with E-state index in [1.54, 1.807) is 15.9 Å². The Hall–Kier alpha value is -0.520. The average Bonchev–Trinajstić information content (AvgIpc) is 2.83. The van der Waals surface area contributed by atoms with Gasteiger partial charge in [0.1, 0.15) is 0 Å². The molecule has 2 aromatic heterocycles. The summed E-state index contributed by atoms with van der Waals surface area (Å²) in [5.41, 5.74) is 0.861. The summed E-state index contributed by atoms with van der Waals surface area (Å²) in [6, 6.07) is 1.94. The van der Waals surface area contributed by atoms with Gasteiger partial charge in [0.25, 0.3) is 15.2 Å². The smallest absolute Gasteiger partial charge is 0.273 e. The third-order valence-electron chi connectivity index (χ3n) is 2.24. The molecule has 0 aliphatic heterocycles. The number of hydrogen-bond acceptors (Lipinski definition) is 5. The summed E-state index contributed by atoms with van der Waals surface area (Å²) < 4.78 is 25.5. The van der Waals surface area contributed by atoms with E-state index in [9.17, 15) is 8.42 Å². The standard InChI is InChI=1S/C9H11IN4O2S2/c1-2-3-14-8(6-4-7(10)17-5-6)12-13-9(14)18(11,15)16/h4-5H,2-3H2,1H3,(H2,11,15,16). The molecule has 0 aromatic carbocycles. The fourth-order valence-electron chi connectivity index (χ4n) is 1.57. The Morgan fingerprint density at radius 3 is 2.72 bits per heavy atom. The Kier molecular flexibility index (Phi) is 4.04. The minimum Gasteiger partial charge on any atom is -0.297 e. The lowest BCUT2D eigenvalue weighted by Crippen LogP contribution is -2.19. The molecule has 2 aromatic rings. The van der Waals surface area contributed by atoms with Crippen LogP contribution in [0.25, 0.3) is 11.4 Å². The number of halogens is 1. The highest BCUT2D eigenvalue weighted by Gasteiger charge is 2.21. The van der Waals surface area contributed by atoms with Crippen LogP contribution < -0.4 is 5.14 Å². The van der Waals surface area contributed by atoms with Gasteiger partial charge in [0, 0.05) is 17.5 Å². The van der Waals surface area contributed by atoms with E-state index >= 15 is 0 Å². The second kappa shape index (κ2) is 5.23. The summed E-state index contributed by atoms with van der Waals surface area (Å²) in [5.74, 6) is 0.542. The molecule has 0 radical (unpaired) electrons. The number of nitrogens with zero attached hydrogens (tertiary/aromatic N) is 3. The van der Waals surface area contributed by atoms with Crippen LogP contribution in [0.2, 0.25) is 0 Å². The normalized spacial score (nSPS) is 11.9. The second-order valence-electron chi connectivity index (χ2n) is 3.64. The van der Waals surface area contributed by atoms with Crippen LogP contribution in [0.15, 0.2) is 16.6 Å². The van der Waals surface area contributed by atoms with E-state index in [1.807, 2.05) is 18.4 Å². The molecule has 0 spiro atoms. The van der Waals surface area contributed by atoms with Crippen molar-refractivity contribution in [1.82, 2.24) is 14.8 Å². The van der Waals surface area contributed by atoms with E-state index in [1.165, 1.54) is 0 Å². The van der Waals surface area contributed by atoms with E-state index in [0.717, 1.165) is 14.9 Å². The molecule has 0 amide bonds. The van der Waals surface area contributed by atoms with Crippen LogP contribution in [0, 0.1) is 2.88 Å². The van der Waals surface area contributed by atoms with E-state index in [2.05, 4.69) is 32.8 Å². The van der Waals surface area contributed by atoms with Crippen LogP contribution in [0.3, 0.4) is 0 Å². The Morgan fingerprint density at radius 1 is 1.50 bits per heavy atom. The van der Waals surface area contributed by atoms with Gasteiger partial charge >= 0.3 is 0 Å². The molecule has 0 saturated carbocycles. The van der Waals surface area contributed by atoms with Crippen LogP contribution in [-0.2, 0) is 16.6 Å². The van der Waals surface area contributed by atoms with Gasteiger partial charge < -0.3 is 0 Å². The summed E-state index contributed by atoms with van der Waals surface area (Å²) in [6.07, 6.45) is 0.773. The van der Waals surface area contributed by atoms with Gasteiger partial charge in [-0.15, -0.1) is 21.5 Å². The van der Waals surface area contributed by atoms with Gasteiger partial charge in [0.15, 0.2) is 5.82 Å². The van der Waals surface area contributed by atoms with Crippen LogP contribution >= 0.6 is 33.9 Å². The molecular formula is C9H11IN4O2S2. The third-order valence-corrected chi connectivity index (χ3v) is 4.84. The van der Waals surface area contributed by atoms with Gasteiger partial charge in [-0.1, -0.05) is 6.92 Å². The molecule has 0 unspecified atom stereocenters. The number of rotatable bonds is 4. The topological polar surface area (TPSA) is 90.9 Å². The first kappa shape index (κ1) is 13.9. The summed E-state index contributed by atoms with van der Waals surface area (Å²) >= 11 is 3.77. The summed E-state index contributed by atoms with van der Waals surface area (Å²) in [6.45, 7) is 2.47. The Balaban J connectivity index is 2.59. The molecule has 9 heteroatoms. The maximum absolute atomic E-state index is 11.4. The SMILES string of the molecule is CCCn1c(-c2csc(I)c2)nnc1S(N)(=O)=O. The van der Waals surface area contributed by atoms with Gasteiger partial charge in [0.05, 0.1) is 2.88 Å². The van der Waals surface area contributed by atoms with Gasteiger partial charge in [-0.3, -0.25) is 4.57 Å². The summed E-state index contributed by atoms with van der Waals surface area (Å²) in [7, 11) is -3.85. The quantitative estimate of drug-likeness (QED) is 0.794. The molecule has 2 heterocycles. The number of sulfonamides is 1. The Labute approximate surface area is 122 Å². The largest absolute Gasteiger partial charge is 0.297 e. The lowest BCUT2D eigenvalue weighted by Gasteiger charge is -2.06. The van der Waals surface area contributed by atoms with Crippen molar-refractivity contribution in [2.45, 2.75) is 25.0 Å². The van der Waals surface area contributed by atoms with Crippen LogP contribution in [0.1, 0.15) is 13.3 Å². The fraction of sp³-hybridized carbons (Fsp3) is 0.333. The predicted octanol–water partition coefficient (Wildman–Crippen LogP) is 1.67. The zero-order valence-corrected chi connectivity index (χ0v) is 13.3. The van der Waals surface area contributed by atoms with Crippen LogP contribution in [-0.4, -0.2) is 23.2 Å². The molecule has 2 rings (SSSR count). The van der Waals surface area contributed by atoms with Gasteiger partial charge in [-0.2, -0.15) is 0 Å². The zero-order chi connectivity index (χ0) is 13.3. The van der Waals surface area contributed by atoms with Crippen LogP contribution in [0.5, 0.6) is 0 Å². The first-order valence-electron chi connectivity index (χ1n) is 5.14. The summed E-state index contributed by atoms with van der Waals surface area (Å²) in [4.78, 5) is 0. The minimum atomic E-state index is -3.85. The van der Waals surface area contributed by atoms with Crippen molar-refractivity contribution >= 4 is 44.0 Å². The number of hydrogen-bond donors (Lipinski definition) is 1. The predicted molar refractivity (Wildman–Crippen MR) is 77.7 cm³/mol. The van der Waals surface area contributed by atoms with Gasteiger partial charge in [0.2, 0.25) is 0 Å². The number of nitrogens with two attached hydrogens (primary N) is 1. The number of primary sulfonamides is 1. The van der Waals surface area contributed by atoms with Crippen molar-refractivity contribution < 1.29 is 8.42 Å². The number of aromatic nitrogens is 3. The monoisotopic (exact) mass is 398 g/mol. The molecule has 2 N–H and O–H groups in total. The lowest BCUT2D eigenvalue weighted by molar-refractivity contribution is 0.559. The lowest BCUT2D eigenvalue weighted by atomic mass is 10.3. The first-order chi connectivity index (χ1) is 8.43. The van der Waals surface area contributed by atoms with Crippen molar-refractivity contribution in [1.29, 1.82) is 0 Å². The van der Waals surface area contributed by atoms with E-state index < -0.39 is 10.0 Å². The number of thiophene rings is 1. The molecule has 18 heavy (non-hydrogen) atoms. The van der Waals surface area contributed by atoms with E-state index in [4.69, 9.17) is 5.14 Å². The van der Waals surface area contributed by atoms with E-state index in [0.29, 0.717) is 12.4 Å². The fourth-order valence-corrected chi connectivity index (χ4v) is 3.53. The van der Waals surface area contributed by atoms with Crippen LogP contribution in [0.4, 0.5) is 0 Å². The second-order valence-corrected chi connectivity index (χ2v) is 7.90. The average molecular weight is 398 g/mol. The Morgan fingerprint density at radius 2 is 2.22 bits per heavy atom. The molecule has 0 aliphatic carbocycles. The highest BCUT2D eigenvalue weighted by atomic mass is 127. The van der Waals surface area contributed by atoms with Gasteiger partial charge in [-0.05, 0) is 35.1 Å². The highest BCUT2D eigenvalue weighted by molar-refractivity contribution is 14.1. The third kappa shape index (κ3) is 2.73. The maximum Gasteiger partial charge on any atom is 0.273 e. The Bertz CT molecular complexity index is 662. The molecule has 98 valence electrons. The van der Waals surface area contributed by atoms with E-state index in [-0.39, 0.29) is 5.16 Å². The highest BCUT2D eigenvalue weighted by Crippen LogP contribution is 2.26. The molecule has 0 aliphatic rings. The van der Waals surface area contributed by atoms with Crippen molar-refractivity contribution in [3.63, 3.8) is 0 Å².